The number of amides is 2. The van der Waals surface area contributed by atoms with Crippen LogP contribution in [0.3, 0.4) is 0 Å². The van der Waals surface area contributed by atoms with Crippen LogP contribution in [0.15, 0.2) is 65.7 Å². The molecule has 4 aromatic rings. The van der Waals surface area contributed by atoms with Gasteiger partial charge in [-0.25, -0.2) is 17.1 Å². The van der Waals surface area contributed by atoms with Crippen molar-refractivity contribution in [3.63, 3.8) is 0 Å². The second-order valence-electron chi connectivity index (χ2n) is 8.32. The summed E-state index contributed by atoms with van der Waals surface area (Å²) in [6.45, 7) is 5.50. The molecule has 4 N–H and O–H groups in total. The van der Waals surface area contributed by atoms with Crippen LogP contribution in [0, 0.1) is 6.92 Å². The molecule has 2 aromatic heterocycles. The third kappa shape index (κ3) is 3.68. The predicted octanol–water partition coefficient (Wildman–Crippen LogP) is 2.36. The van der Waals surface area contributed by atoms with Gasteiger partial charge in [0, 0.05) is 17.6 Å². The van der Waals surface area contributed by atoms with E-state index in [1.165, 1.54) is 20.9 Å². The van der Waals surface area contributed by atoms with Gasteiger partial charge in [-0.3, -0.25) is 9.59 Å². The number of carbonyl (C=O) groups is 2. The van der Waals surface area contributed by atoms with Crippen LogP contribution in [0.5, 0.6) is 0 Å². The Kier molecular flexibility index (Phi) is 5.13. The molecule has 2 amide bonds. The van der Waals surface area contributed by atoms with Gasteiger partial charge in [0.2, 0.25) is 0 Å². The van der Waals surface area contributed by atoms with E-state index in [2.05, 4.69) is 5.10 Å². The number of hydrogen-bond donors (Lipinski definition) is 2. The molecule has 0 spiro atoms. The zero-order valence-electron chi connectivity index (χ0n) is 18.3. The van der Waals surface area contributed by atoms with Gasteiger partial charge in [0.1, 0.15) is 5.69 Å². The Morgan fingerprint density at radius 3 is 2.21 bits per heavy atom. The first-order valence-electron chi connectivity index (χ1n) is 10.1. The first kappa shape index (κ1) is 22.3. The molecule has 0 atom stereocenters. The molecule has 0 aliphatic heterocycles. The van der Waals surface area contributed by atoms with Crippen molar-refractivity contribution in [2.75, 3.05) is 0 Å². The van der Waals surface area contributed by atoms with Gasteiger partial charge < -0.3 is 11.5 Å². The lowest BCUT2D eigenvalue weighted by Gasteiger charge is -2.27. The number of fused-ring (bicyclic) bond motifs is 1. The Balaban J connectivity index is 1.81. The summed E-state index contributed by atoms with van der Waals surface area (Å²) in [5.41, 5.74) is 12.1. The highest BCUT2D eigenvalue weighted by Crippen LogP contribution is 2.31. The van der Waals surface area contributed by atoms with Crippen LogP contribution in [0.4, 0.5) is 0 Å². The highest BCUT2D eigenvalue weighted by Gasteiger charge is 2.30. The van der Waals surface area contributed by atoms with Crippen LogP contribution >= 0.6 is 0 Å². The quantitative estimate of drug-likeness (QED) is 0.449. The number of rotatable bonds is 6. The van der Waals surface area contributed by atoms with E-state index in [4.69, 9.17) is 11.5 Å². The van der Waals surface area contributed by atoms with Gasteiger partial charge in [-0.1, -0.05) is 23.8 Å². The predicted molar refractivity (Wildman–Crippen MR) is 123 cm³/mol. The fourth-order valence-electron chi connectivity index (χ4n) is 3.76. The standard InChI is InChI=1S/C23H23N5O4S/c1-14-4-7-17(8-5-14)33(31,32)27-11-10-15-12-16(6-9-19(15)27)23(2,3)28-20(22(25)30)13-18(26-28)21(24)29/h4-13H,1-3H3,(H2,24,29)(H2,25,30). The average molecular weight is 466 g/mol. The maximum absolute atomic E-state index is 13.2. The van der Waals surface area contributed by atoms with Crippen molar-refractivity contribution in [2.24, 2.45) is 11.5 Å². The maximum Gasteiger partial charge on any atom is 0.269 e. The molecule has 4 rings (SSSR count). The lowest BCUT2D eigenvalue weighted by molar-refractivity contribution is 0.0978. The zero-order chi connectivity index (χ0) is 24.1. The molecule has 0 saturated carbocycles. The second kappa shape index (κ2) is 7.59. The fourth-order valence-corrected chi connectivity index (χ4v) is 5.11. The van der Waals surface area contributed by atoms with Crippen molar-refractivity contribution < 1.29 is 18.0 Å². The van der Waals surface area contributed by atoms with E-state index >= 15 is 0 Å². The van der Waals surface area contributed by atoms with Crippen molar-refractivity contribution in [1.29, 1.82) is 0 Å². The van der Waals surface area contributed by atoms with E-state index in [9.17, 15) is 18.0 Å². The number of primary amides is 2. The number of nitrogens with two attached hydrogens (primary N) is 2. The molecule has 0 unspecified atom stereocenters. The monoisotopic (exact) mass is 465 g/mol. The number of nitrogens with zero attached hydrogens (tertiary/aromatic N) is 3. The van der Waals surface area contributed by atoms with Gasteiger partial charge in [-0.15, -0.1) is 0 Å². The van der Waals surface area contributed by atoms with Crippen LogP contribution in [-0.4, -0.2) is 34.0 Å². The molecular formula is C23H23N5O4S. The number of aryl methyl sites for hydroxylation is 1. The fraction of sp³-hybridized carbons (Fsp3) is 0.174. The first-order valence-corrected chi connectivity index (χ1v) is 11.5. The largest absolute Gasteiger partial charge is 0.364 e. The molecule has 0 bridgehead atoms. The van der Waals surface area contributed by atoms with Gasteiger partial charge in [-0.2, -0.15) is 5.10 Å². The Labute approximate surface area is 190 Å². The molecule has 0 aliphatic rings. The van der Waals surface area contributed by atoms with Crippen LogP contribution in [0.25, 0.3) is 10.9 Å². The van der Waals surface area contributed by atoms with Crippen molar-refractivity contribution >= 4 is 32.7 Å². The van der Waals surface area contributed by atoms with E-state index in [0.29, 0.717) is 10.9 Å². The summed E-state index contributed by atoms with van der Waals surface area (Å²) in [7, 11) is -3.78. The van der Waals surface area contributed by atoms with E-state index in [1.54, 1.807) is 56.3 Å². The molecular weight excluding hydrogens is 442 g/mol. The van der Waals surface area contributed by atoms with Gasteiger partial charge >= 0.3 is 0 Å². The van der Waals surface area contributed by atoms with Gasteiger partial charge in [0.15, 0.2) is 5.69 Å². The van der Waals surface area contributed by atoms with E-state index in [-0.39, 0.29) is 16.3 Å². The smallest absolute Gasteiger partial charge is 0.269 e. The Morgan fingerprint density at radius 2 is 1.61 bits per heavy atom. The third-order valence-electron chi connectivity index (χ3n) is 5.68. The van der Waals surface area contributed by atoms with Gasteiger partial charge in [-0.05, 0) is 56.7 Å². The van der Waals surface area contributed by atoms with Crippen molar-refractivity contribution in [2.45, 2.75) is 31.2 Å². The molecule has 0 saturated heterocycles. The van der Waals surface area contributed by atoms with Crippen LogP contribution < -0.4 is 11.5 Å². The molecule has 0 aliphatic carbocycles. The number of carbonyl (C=O) groups excluding carboxylic acids is 2. The van der Waals surface area contributed by atoms with Gasteiger partial charge in [0.25, 0.3) is 21.8 Å². The summed E-state index contributed by atoms with van der Waals surface area (Å²) >= 11 is 0. The van der Waals surface area contributed by atoms with Crippen molar-refractivity contribution in [1.82, 2.24) is 13.8 Å². The lowest BCUT2D eigenvalue weighted by atomic mass is 9.93. The molecule has 2 aromatic carbocycles. The third-order valence-corrected chi connectivity index (χ3v) is 7.39. The summed E-state index contributed by atoms with van der Waals surface area (Å²) in [4.78, 5) is 23.7. The molecule has 0 radical (unpaired) electrons. The number of benzene rings is 2. The Bertz CT molecular complexity index is 1510. The molecule has 2 heterocycles. The molecule has 9 nitrogen and oxygen atoms in total. The SMILES string of the molecule is Cc1ccc(S(=O)(=O)n2ccc3cc(C(C)(C)n4nc(C(N)=O)cc4C(N)=O)ccc32)cc1. The van der Waals surface area contributed by atoms with Gasteiger partial charge in [0.05, 0.1) is 16.0 Å². The Hall–Kier alpha value is -3.92. The van der Waals surface area contributed by atoms with E-state index < -0.39 is 27.4 Å². The Morgan fingerprint density at radius 1 is 0.939 bits per heavy atom. The van der Waals surface area contributed by atoms with Crippen molar-refractivity contribution in [3.05, 3.63) is 83.3 Å². The minimum absolute atomic E-state index is 0.0356. The van der Waals surface area contributed by atoms with Crippen molar-refractivity contribution in [3.8, 4) is 0 Å². The lowest BCUT2D eigenvalue weighted by Crippen LogP contribution is -2.33. The maximum atomic E-state index is 13.2. The molecule has 0 fully saturated rings. The topological polar surface area (TPSA) is 143 Å². The minimum atomic E-state index is -3.78. The highest BCUT2D eigenvalue weighted by atomic mass is 32.2. The molecule has 10 heteroatoms. The minimum Gasteiger partial charge on any atom is -0.364 e. The summed E-state index contributed by atoms with van der Waals surface area (Å²) in [6, 6.07) is 14.9. The van der Waals surface area contributed by atoms with Crippen LogP contribution in [0.2, 0.25) is 0 Å². The van der Waals surface area contributed by atoms with Crippen LogP contribution in [-0.2, 0) is 15.6 Å². The summed E-state index contributed by atoms with van der Waals surface area (Å²) in [5, 5.41) is 4.87. The number of aromatic nitrogens is 3. The molecule has 170 valence electrons. The normalized spacial score (nSPS) is 12.2. The number of hydrogen-bond acceptors (Lipinski definition) is 5. The van der Waals surface area contributed by atoms with Crippen LogP contribution in [0.1, 0.15) is 46.0 Å². The first-order chi connectivity index (χ1) is 15.4. The summed E-state index contributed by atoms with van der Waals surface area (Å²) < 4.78 is 28.9. The average Bonchev–Trinajstić information content (AvgIpc) is 3.39. The van der Waals surface area contributed by atoms with E-state index in [0.717, 1.165) is 11.1 Å². The summed E-state index contributed by atoms with van der Waals surface area (Å²) in [5.74, 6) is -1.53. The summed E-state index contributed by atoms with van der Waals surface area (Å²) in [6.07, 6.45) is 1.50. The highest BCUT2D eigenvalue weighted by molar-refractivity contribution is 7.90. The van der Waals surface area contributed by atoms with E-state index in [1.807, 2.05) is 13.0 Å². The molecule has 33 heavy (non-hydrogen) atoms. The zero-order valence-corrected chi connectivity index (χ0v) is 19.1. The second-order valence-corrected chi connectivity index (χ2v) is 10.1.